The number of tetrazole rings is 1. The van der Waals surface area contributed by atoms with Gasteiger partial charge in [-0.15, -0.1) is 5.10 Å². The summed E-state index contributed by atoms with van der Waals surface area (Å²) in [5.74, 6) is 0.807. The number of hydrogen-bond donors (Lipinski definition) is 1. The van der Waals surface area contributed by atoms with Crippen LogP contribution in [0.15, 0.2) is 42.6 Å². The number of pyridine rings is 1. The summed E-state index contributed by atoms with van der Waals surface area (Å²) in [6, 6.07) is 11.2. The zero-order valence-electron chi connectivity index (χ0n) is 14.3. The first-order chi connectivity index (χ1) is 12.8. The average molecular weight is 350 g/mol. The van der Waals surface area contributed by atoms with E-state index in [4.69, 9.17) is 4.74 Å². The maximum atomic E-state index is 12.5. The van der Waals surface area contributed by atoms with Crippen LogP contribution < -0.4 is 10.1 Å². The Bertz CT molecular complexity index is 917. The Morgan fingerprint density at radius 1 is 1.27 bits per heavy atom. The fraction of sp³-hybridized carbons (Fsp3) is 0.278. The number of benzene rings is 1. The minimum atomic E-state index is -0.267. The number of carbonyl (C=O) groups is 1. The second kappa shape index (κ2) is 6.91. The molecule has 1 aliphatic carbocycles. The van der Waals surface area contributed by atoms with Crippen molar-refractivity contribution in [2.24, 2.45) is 0 Å². The van der Waals surface area contributed by atoms with Gasteiger partial charge in [0.15, 0.2) is 5.82 Å². The number of hydrogen-bond acceptors (Lipinski definition) is 6. The Labute approximate surface area is 150 Å². The highest BCUT2D eigenvalue weighted by atomic mass is 16.5. The van der Waals surface area contributed by atoms with E-state index < -0.39 is 0 Å². The Balaban J connectivity index is 1.51. The van der Waals surface area contributed by atoms with Crippen molar-refractivity contribution in [1.82, 2.24) is 25.2 Å². The molecular weight excluding hydrogens is 332 g/mol. The van der Waals surface area contributed by atoms with Gasteiger partial charge in [-0.3, -0.25) is 4.79 Å². The van der Waals surface area contributed by atoms with Crippen molar-refractivity contribution < 1.29 is 9.53 Å². The zero-order chi connectivity index (χ0) is 17.9. The molecule has 8 nitrogen and oxygen atoms in total. The zero-order valence-corrected chi connectivity index (χ0v) is 14.3. The standard InChI is InChI=1S/C18H18N6O2/c1-2-26-18-15(4-3-11-19-18)17(25)20-13-7-5-12(6-8-13)16-21-22-23-24(16)14-9-10-14/h3-8,11,14H,2,9-10H2,1H3,(H,20,25). The molecule has 1 fully saturated rings. The number of nitrogens with zero attached hydrogens (tertiary/aromatic N) is 5. The molecule has 1 aromatic carbocycles. The fourth-order valence-corrected chi connectivity index (χ4v) is 2.67. The Morgan fingerprint density at radius 3 is 2.81 bits per heavy atom. The first-order valence-corrected chi connectivity index (χ1v) is 8.53. The molecule has 26 heavy (non-hydrogen) atoms. The van der Waals surface area contributed by atoms with Crippen LogP contribution in [-0.4, -0.2) is 37.7 Å². The minimum absolute atomic E-state index is 0.267. The van der Waals surface area contributed by atoms with Crippen molar-refractivity contribution in [2.45, 2.75) is 25.8 Å². The van der Waals surface area contributed by atoms with Crippen LogP contribution in [0, 0.1) is 0 Å². The quantitative estimate of drug-likeness (QED) is 0.734. The average Bonchev–Trinajstić information content (AvgIpc) is 3.40. The van der Waals surface area contributed by atoms with Gasteiger partial charge in [-0.05, 0) is 66.6 Å². The van der Waals surface area contributed by atoms with Crippen LogP contribution in [0.25, 0.3) is 11.4 Å². The van der Waals surface area contributed by atoms with Crippen molar-refractivity contribution in [2.75, 3.05) is 11.9 Å². The third-order valence-electron chi connectivity index (χ3n) is 4.08. The number of anilines is 1. The molecule has 0 atom stereocenters. The molecule has 2 aromatic heterocycles. The SMILES string of the molecule is CCOc1ncccc1C(=O)Nc1ccc(-c2nnnn2C2CC2)cc1. The molecule has 0 bridgehead atoms. The van der Waals surface area contributed by atoms with Crippen LogP contribution in [0.5, 0.6) is 5.88 Å². The van der Waals surface area contributed by atoms with E-state index in [1.54, 1.807) is 18.3 Å². The predicted octanol–water partition coefficient (Wildman–Crippen LogP) is 2.72. The Morgan fingerprint density at radius 2 is 2.08 bits per heavy atom. The number of amides is 1. The van der Waals surface area contributed by atoms with Gasteiger partial charge in [0.1, 0.15) is 5.56 Å². The molecule has 0 spiro atoms. The molecule has 8 heteroatoms. The van der Waals surface area contributed by atoms with Crippen LogP contribution in [0.3, 0.4) is 0 Å². The van der Waals surface area contributed by atoms with Gasteiger partial charge in [0, 0.05) is 17.4 Å². The van der Waals surface area contributed by atoms with E-state index in [-0.39, 0.29) is 5.91 Å². The molecule has 1 aliphatic rings. The molecule has 0 saturated heterocycles. The third kappa shape index (κ3) is 3.26. The van der Waals surface area contributed by atoms with E-state index in [2.05, 4.69) is 25.8 Å². The van der Waals surface area contributed by atoms with E-state index in [1.807, 2.05) is 35.9 Å². The van der Waals surface area contributed by atoms with Crippen LogP contribution in [0.1, 0.15) is 36.2 Å². The summed E-state index contributed by atoms with van der Waals surface area (Å²) in [4.78, 5) is 16.6. The summed E-state index contributed by atoms with van der Waals surface area (Å²) in [6.45, 7) is 2.30. The highest BCUT2D eigenvalue weighted by Gasteiger charge is 2.28. The summed E-state index contributed by atoms with van der Waals surface area (Å²) >= 11 is 0. The normalized spacial score (nSPS) is 13.4. The highest BCUT2D eigenvalue weighted by molar-refractivity contribution is 6.05. The van der Waals surface area contributed by atoms with Gasteiger partial charge in [0.2, 0.25) is 5.88 Å². The maximum Gasteiger partial charge on any atom is 0.261 e. The van der Waals surface area contributed by atoms with E-state index in [9.17, 15) is 4.79 Å². The highest BCUT2D eigenvalue weighted by Crippen LogP contribution is 2.36. The maximum absolute atomic E-state index is 12.5. The van der Waals surface area contributed by atoms with E-state index in [0.29, 0.717) is 29.8 Å². The number of ether oxygens (including phenoxy) is 1. The lowest BCUT2D eigenvalue weighted by molar-refractivity contribution is 0.102. The number of carbonyl (C=O) groups excluding carboxylic acids is 1. The first kappa shape index (κ1) is 16.2. The van der Waals surface area contributed by atoms with E-state index in [1.165, 1.54) is 0 Å². The van der Waals surface area contributed by atoms with Crippen LogP contribution in [0.2, 0.25) is 0 Å². The summed E-state index contributed by atoms with van der Waals surface area (Å²) in [6.07, 6.45) is 3.82. The second-order valence-electron chi connectivity index (χ2n) is 6.00. The van der Waals surface area contributed by atoms with Crippen molar-refractivity contribution in [3.8, 4) is 17.3 Å². The van der Waals surface area contributed by atoms with Crippen molar-refractivity contribution in [3.05, 3.63) is 48.2 Å². The molecule has 132 valence electrons. The van der Waals surface area contributed by atoms with Gasteiger partial charge >= 0.3 is 0 Å². The molecule has 3 aromatic rings. The third-order valence-corrected chi connectivity index (χ3v) is 4.08. The molecule has 0 radical (unpaired) electrons. The van der Waals surface area contributed by atoms with Crippen LogP contribution in [-0.2, 0) is 0 Å². The largest absolute Gasteiger partial charge is 0.477 e. The number of nitrogens with one attached hydrogen (secondary N) is 1. The molecule has 1 N–H and O–H groups in total. The second-order valence-corrected chi connectivity index (χ2v) is 6.00. The minimum Gasteiger partial charge on any atom is -0.477 e. The molecule has 0 aliphatic heterocycles. The lowest BCUT2D eigenvalue weighted by Crippen LogP contribution is -2.14. The smallest absolute Gasteiger partial charge is 0.261 e. The molecular formula is C18H18N6O2. The van der Waals surface area contributed by atoms with Gasteiger partial charge in [-0.25, -0.2) is 9.67 Å². The summed E-state index contributed by atoms with van der Waals surface area (Å²) in [5.41, 5.74) is 1.99. The number of rotatable bonds is 6. The number of aromatic nitrogens is 5. The van der Waals surface area contributed by atoms with E-state index in [0.717, 1.165) is 24.2 Å². The lowest BCUT2D eigenvalue weighted by Gasteiger charge is -2.10. The van der Waals surface area contributed by atoms with Crippen molar-refractivity contribution in [3.63, 3.8) is 0 Å². The van der Waals surface area contributed by atoms with Crippen molar-refractivity contribution in [1.29, 1.82) is 0 Å². The molecule has 2 heterocycles. The summed E-state index contributed by atoms with van der Waals surface area (Å²) in [5, 5.41) is 14.8. The summed E-state index contributed by atoms with van der Waals surface area (Å²) in [7, 11) is 0. The molecule has 4 rings (SSSR count). The lowest BCUT2D eigenvalue weighted by atomic mass is 10.2. The molecule has 1 amide bonds. The summed E-state index contributed by atoms with van der Waals surface area (Å²) < 4.78 is 7.27. The van der Waals surface area contributed by atoms with Gasteiger partial charge < -0.3 is 10.1 Å². The predicted molar refractivity (Wildman–Crippen MR) is 94.9 cm³/mol. The Hall–Kier alpha value is -3.29. The monoisotopic (exact) mass is 350 g/mol. The molecule has 0 unspecified atom stereocenters. The van der Waals surface area contributed by atoms with Gasteiger partial charge in [-0.1, -0.05) is 0 Å². The Kier molecular flexibility index (Phi) is 4.30. The van der Waals surface area contributed by atoms with Gasteiger partial charge in [0.25, 0.3) is 5.91 Å². The van der Waals surface area contributed by atoms with E-state index >= 15 is 0 Å². The molecule has 1 saturated carbocycles. The van der Waals surface area contributed by atoms with Crippen LogP contribution in [0.4, 0.5) is 5.69 Å². The van der Waals surface area contributed by atoms with Gasteiger partial charge in [0.05, 0.1) is 12.6 Å². The van der Waals surface area contributed by atoms with Crippen molar-refractivity contribution >= 4 is 11.6 Å². The first-order valence-electron chi connectivity index (χ1n) is 8.53. The van der Waals surface area contributed by atoms with Gasteiger partial charge in [-0.2, -0.15) is 0 Å². The fourth-order valence-electron chi connectivity index (χ4n) is 2.67. The van der Waals surface area contributed by atoms with Crippen LogP contribution >= 0.6 is 0 Å². The topological polar surface area (TPSA) is 94.8 Å².